The monoisotopic (exact) mass is 423 g/mol. The van der Waals surface area contributed by atoms with Crippen LogP contribution in [0.2, 0.25) is 0 Å². The van der Waals surface area contributed by atoms with Gasteiger partial charge in [0.2, 0.25) is 16.6 Å². The molecule has 0 unspecified atom stereocenters. The molecular formula is C25H29NO5. The van der Waals surface area contributed by atoms with Gasteiger partial charge in [0.25, 0.3) is 0 Å². The Bertz CT molecular complexity index is 1140. The number of nitrogens with zero attached hydrogens (tertiary/aromatic N) is 1. The SMILES string of the molecule is Cc1cccc(C)c1-n1ccc(=O)c(OCCCCCOc2c(C)occc2=O)c1C. The first kappa shape index (κ1) is 22.4. The van der Waals surface area contributed by atoms with Crippen LogP contribution in [-0.4, -0.2) is 17.8 Å². The van der Waals surface area contributed by atoms with E-state index < -0.39 is 0 Å². The predicted molar refractivity (Wildman–Crippen MR) is 121 cm³/mol. The van der Waals surface area contributed by atoms with E-state index in [2.05, 4.69) is 26.0 Å². The van der Waals surface area contributed by atoms with Gasteiger partial charge in [-0.05, 0) is 58.1 Å². The lowest BCUT2D eigenvalue weighted by atomic mass is 10.1. The van der Waals surface area contributed by atoms with Crippen LogP contribution in [0.3, 0.4) is 0 Å². The zero-order valence-electron chi connectivity index (χ0n) is 18.6. The van der Waals surface area contributed by atoms with Crippen molar-refractivity contribution in [1.82, 2.24) is 4.57 Å². The van der Waals surface area contributed by atoms with Crippen LogP contribution in [0.15, 0.2) is 56.8 Å². The lowest BCUT2D eigenvalue weighted by molar-refractivity contribution is 0.268. The molecule has 0 aliphatic rings. The quantitative estimate of drug-likeness (QED) is 0.469. The minimum atomic E-state index is -0.174. The molecule has 0 saturated carbocycles. The van der Waals surface area contributed by atoms with Crippen LogP contribution >= 0.6 is 0 Å². The van der Waals surface area contributed by atoms with E-state index >= 15 is 0 Å². The number of hydrogen-bond donors (Lipinski definition) is 0. The van der Waals surface area contributed by atoms with Gasteiger partial charge in [-0.2, -0.15) is 0 Å². The fraction of sp³-hybridized carbons (Fsp3) is 0.360. The molecule has 0 atom stereocenters. The molecule has 0 spiro atoms. The van der Waals surface area contributed by atoms with Crippen molar-refractivity contribution in [2.75, 3.05) is 13.2 Å². The third-order valence-corrected chi connectivity index (χ3v) is 5.26. The van der Waals surface area contributed by atoms with E-state index in [1.54, 1.807) is 19.2 Å². The first-order valence-corrected chi connectivity index (χ1v) is 10.5. The molecule has 6 heteroatoms. The van der Waals surface area contributed by atoms with E-state index in [4.69, 9.17) is 13.9 Å². The predicted octanol–water partition coefficient (Wildman–Crippen LogP) is 4.65. The Labute approximate surface area is 182 Å². The third-order valence-electron chi connectivity index (χ3n) is 5.26. The van der Waals surface area contributed by atoms with Crippen LogP contribution in [0.5, 0.6) is 11.5 Å². The molecule has 2 heterocycles. The summed E-state index contributed by atoms with van der Waals surface area (Å²) in [5, 5.41) is 0. The number of ether oxygens (including phenoxy) is 2. The largest absolute Gasteiger partial charge is 0.488 e. The Balaban J connectivity index is 1.55. The minimum Gasteiger partial charge on any atom is -0.488 e. The Morgan fingerprint density at radius 1 is 0.806 bits per heavy atom. The highest BCUT2D eigenvalue weighted by Crippen LogP contribution is 2.23. The van der Waals surface area contributed by atoms with Gasteiger partial charge in [0.05, 0.1) is 30.9 Å². The van der Waals surface area contributed by atoms with Crippen molar-refractivity contribution in [2.24, 2.45) is 0 Å². The number of unbranched alkanes of at least 4 members (excludes halogenated alkanes) is 2. The van der Waals surface area contributed by atoms with E-state index in [0.29, 0.717) is 24.7 Å². The molecule has 164 valence electrons. The number of hydrogen-bond acceptors (Lipinski definition) is 5. The minimum absolute atomic E-state index is 0.116. The molecule has 0 amide bonds. The average molecular weight is 424 g/mol. The summed E-state index contributed by atoms with van der Waals surface area (Å²) < 4.78 is 18.6. The number of pyridine rings is 1. The summed E-state index contributed by atoms with van der Waals surface area (Å²) in [5.41, 5.74) is 3.85. The second-order valence-corrected chi connectivity index (χ2v) is 7.63. The molecule has 0 aliphatic carbocycles. The molecule has 0 saturated heterocycles. The van der Waals surface area contributed by atoms with Crippen LogP contribution in [0.25, 0.3) is 5.69 Å². The molecule has 0 fully saturated rings. The van der Waals surface area contributed by atoms with E-state index in [9.17, 15) is 9.59 Å². The van der Waals surface area contributed by atoms with Crippen molar-refractivity contribution < 1.29 is 13.9 Å². The van der Waals surface area contributed by atoms with Crippen LogP contribution < -0.4 is 20.3 Å². The maximum Gasteiger partial charge on any atom is 0.226 e. The van der Waals surface area contributed by atoms with Gasteiger partial charge >= 0.3 is 0 Å². The van der Waals surface area contributed by atoms with Gasteiger partial charge < -0.3 is 18.5 Å². The van der Waals surface area contributed by atoms with Crippen molar-refractivity contribution in [2.45, 2.75) is 47.0 Å². The average Bonchev–Trinajstić information content (AvgIpc) is 2.72. The zero-order valence-corrected chi connectivity index (χ0v) is 18.6. The number of aromatic nitrogens is 1. The molecule has 0 bridgehead atoms. The first-order chi connectivity index (χ1) is 14.9. The number of para-hydroxylation sites is 1. The summed E-state index contributed by atoms with van der Waals surface area (Å²) in [7, 11) is 0. The van der Waals surface area contributed by atoms with E-state index in [0.717, 1.165) is 41.8 Å². The lowest BCUT2D eigenvalue weighted by Crippen LogP contribution is -2.16. The van der Waals surface area contributed by atoms with Gasteiger partial charge in [-0.15, -0.1) is 0 Å². The van der Waals surface area contributed by atoms with Crippen LogP contribution in [0.1, 0.15) is 41.8 Å². The molecule has 0 N–H and O–H groups in total. The topological polar surface area (TPSA) is 70.7 Å². The molecule has 3 aromatic rings. The molecule has 31 heavy (non-hydrogen) atoms. The molecule has 3 rings (SSSR count). The van der Waals surface area contributed by atoms with Gasteiger partial charge in [-0.1, -0.05) is 18.2 Å². The lowest BCUT2D eigenvalue weighted by Gasteiger charge is -2.18. The van der Waals surface area contributed by atoms with Crippen LogP contribution in [0.4, 0.5) is 0 Å². The molecule has 6 nitrogen and oxygen atoms in total. The zero-order chi connectivity index (χ0) is 22.4. The fourth-order valence-electron chi connectivity index (χ4n) is 3.62. The Hall–Kier alpha value is -3.28. The third kappa shape index (κ3) is 5.26. The molecule has 0 radical (unpaired) electrons. The summed E-state index contributed by atoms with van der Waals surface area (Å²) in [4.78, 5) is 24.1. The maximum absolute atomic E-state index is 12.4. The number of benzene rings is 1. The number of aryl methyl sites for hydroxylation is 3. The Morgan fingerprint density at radius 2 is 1.42 bits per heavy atom. The highest BCUT2D eigenvalue weighted by Gasteiger charge is 2.13. The van der Waals surface area contributed by atoms with Gasteiger partial charge in [-0.25, -0.2) is 0 Å². The van der Waals surface area contributed by atoms with Crippen molar-refractivity contribution in [3.63, 3.8) is 0 Å². The summed E-state index contributed by atoms with van der Waals surface area (Å²) in [6.07, 6.45) is 5.58. The van der Waals surface area contributed by atoms with Crippen LogP contribution in [0, 0.1) is 27.7 Å². The highest BCUT2D eigenvalue weighted by molar-refractivity contribution is 5.49. The normalized spacial score (nSPS) is 10.8. The van der Waals surface area contributed by atoms with Gasteiger partial charge in [0.15, 0.2) is 5.75 Å². The van der Waals surface area contributed by atoms with E-state index in [-0.39, 0.29) is 16.6 Å². The standard InChI is InChI=1S/C25H29NO5/c1-17-9-8-10-18(2)23(17)26-13-11-21(27)24(19(26)3)30-14-6-5-7-15-31-25-20(4)29-16-12-22(25)28/h8-13,16H,5-7,14-15H2,1-4H3. The highest BCUT2D eigenvalue weighted by atomic mass is 16.5. The van der Waals surface area contributed by atoms with Gasteiger partial charge in [-0.3, -0.25) is 9.59 Å². The molecule has 1 aromatic carbocycles. The summed E-state index contributed by atoms with van der Waals surface area (Å²) in [5.74, 6) is 1.14. The van der Waals surface area contributed by atoms with E-state index in [1.165, 1.54) is 12.3 Å². The Morgan fingerprint density at radius 3 is 2.06 bits per heavy atom. The second kappa shape index (κ2) is 10.2. The molecular weight excluding hydrogens is 394 g/mol. The van der Waals surface area contributed by atoms with Crippen molar-refractivity contribution in [1.29, 1.82) is 0 Å². The maximum atomic E-state index is 12.4. The first-order valence-electron chi connectivity index (χ1n) is 10.5. The summed E-state index contributed by atoms with van der Waals surface area (Å²) in [6.45, 7) is 8.60. The van der Waals surface area contributed by atoms with Crippen LogP contribution in [-0.2, 0) is 0 Å². The summed E-state index contributed by atoms with van der Waals surface area (Å²) in [6, 6.07) is 9.05. The molecule has 2 aromatic heterocycles. The second-order valence-electron chi connectivity index (χ2n) is 7.63. The van der Waals surface area contributed by atoms with Gasteiger partial charge in [0, 0.05) is 18.3 Å². The smallest absolute Gasteiger partial charge is 0.226 e. The van der Waals surface area contributed by atoms with Crippen molar-refractivity contribution in [3.8, 4) is 17.2 Å². The number of rotatable bonds is 9. The fourth-order valence-corrected chi connectivity index (χ4v) is 3.62. The Kier molecular flexibility index (Phi) is 7.34. The van der Waals surface area contributed by atoms with Crippen molar-refractivity contribution in [3.05, 3.63) is 85.8 Å². The van der Waals surface area contributed by atoms with Gasteiger partial charge in [0.1, 0.15) is 5.76 Å². The molecule has 0 aliphatic heterocycles. The van der Waals surface area contributed by atoms with E-state index in [1.807, 2.05) is 17.6 Å². The summed E-state index contributed by atoms with van der Waals surface area (Å²) >= 11 is 0. The van der Waals surface area contributed by atoms with Crippen molar-refractivity contribution >= 4 is 0 Å².